The van der Waals surface area contributed by atoms with Gasteiger partial charge in [-0.25, -0.2) is 4.79 Å². The molecule has 0 aliphatic rings. The second kappa shape index (κ2) is 6.29. The number of amides is 1. The molecule has 2 aromatic rings. The highest BCUT2D eigenvalue weighted by atomic mass is 79.9. The number of carboxylic acids is 1. The van der Waals surface area contributed by atoms with E-state index in [2.05, 4.69) is 26.2 Å². The second-order valence-corrected chi connectivity index (χ2v) is 4.94. The van der Waals surface area contributed by atoms with E-state index in [1.54, 1.807) is 24.5 Å². The predicted octanol–water partition coefficient (Wildman–Crippen LogP) is 2.72. The molecule has 2 N–H and O–H groups in total. The number of pyridine rings is 1. The summed E-state index contributed by atoms with van der Waals surface area (Å²) in [4.78, 5) is 26.6. The molecule has 0 saturated heterocycles. The molecule has 1 aromatic heterocycles. The van der Waals surface area contributed by atoms with Gasteiger partial charge in [0.15, 0.2) is 0 Å². The van der Waals surface area contributed by atoms with Crippen LogP contribution in [0, 0.1) is 0 Å². The molecule has 1 heterocycles. The fraction of sp³-hybridized carbons (Fsp3) is 0.0714. The Morgan fingerprint density at radius 2 is 2.10 bits per heavy atom. The number of hydrogen-bond donors (Lipinski definition) is 2. The maximum Gasteiger partial charge on any atom is 0.335 e. The lowest BCUT2D eigenvalue weighted by atomic mass is 10.2. The molecular formula is C14H11BrN2O3. The maximum absolute atomic E-state index is 11.9. The van der Waals surface area contributed by atoms with E-state index in [1.165, 1.54) is 12.1 Å². The van der Waals surface area contributed by atoms with Crippen LogP contribution in [-0.2, 0) is 11.2 Å². The van der Waals surface area contributed by atoms with E-state index >= 15 is 0 Å². The molecule has 1 amide bonds. The van der Waals surface area contributed by atoms with Gasteiger partial charge >= 0.3 is 5.97 Å². The molecule has 20 heavy (non-hydrogen) atoms. The van der Waals surface area contributed by atoms with Gasteiger partial charge in [0.2, 0.25) is 5.91 Å². The zero-order valence-corrected chi connectivity index (χ0v) is 11.9. The van der Waals surface area contributed by atoms with Gasteiger partial charge in [-0.05, 0) is 45.8 Å². The Morgan fingerprint density at radius 1 is 1.30 bits per heavy atom. The smallest absolute Gasteiger partial charge is 0.335 e. The number of carboxylic acid groups (broad SMARTS) is 1. The summed E-state index contributed by atoms with van der Waals surface area (Å²) in [7, 11) is 0. The molecule has 0 unspecified atom stereocenters. The van der Waals surface area contributed by atoms with Crippen LogP contribution in [0.3, 0.4) is 0 Å². The summed E-state index contributed by atoms with van der Waals surface area (Å²) in [5.74, 6) is -1.21. The summed E-state index contributed by atoms with van der Waals surface area (Å²) < 4.78 is 0.525. The topological polar surface area (TPSA) is 79.3 Å². The number of nitrogens with zero attached hydrogens (tertiary/aromatic N) is 1. The van der Waals surface area contributed by atoms with E-state index in [-0.39, 0.29) is 17.9 Å². The van der Waals surface area contributed by atoms with E-state index in [4.69, 9.17) is 5.11 Å². The van der Waals surface area contributed by atoms with Crippen LogP contribution in [-0.4, -0.2) is 22.0 Å². The average molecular weight is 335 g/mol. The lowest BCUT2D eigenvalue weighted by Gasteiger charge is -2.08. The lowest BCUT2D eigenvalue weighted by Crippen LogP contribution is -2.15. The van der Waals surface area contributed by atoms with Gasteiger partial charge in [-0.1, -0.05) is 6.07 Å². The Bertz CT molecular complexity index is 644. The molecular weight excluding hydrogens is 324 g/mol. The van der Waals surface area contributed by atoms with Crippen LogP contribution in [0.4, 0.5) is 5.69 Å². The van der Waals surface area contributed by atoms with Crippen molar-refractivity contribution in [3.63, 3.8) is 0 Å². The van der Waals surface area contributed by atoms with Gasteiger partial charge in [0.1, 0.15) is 0 Å². The molecule has 6 heteroatoms. The lowest BCUT2D eigenvalue weighted by molar-refractivity contribution is -0.115. The van der Waals surface area contributed by atoms with E-state index in [1.807, 2.05) is 6.07 Å². The Labute approximate surface area is 123 Å². The van der Waals surface area contributed by atoms with Crippen molar-refractivity contribution >= 4 is 33.5 Å². The summed E-state index contributed by atoms with van der Waals surface area (Å²) in [6.45, 7) is 0. The van der Waals surface area contributed by atoms with Gasteiger partial charge < -0.3 is 10.4 Å². The zero-order valence-electron chi connectivity index (χ0n) is 10.3. The van der Waals surface area contributed by atoms with E-state index in [0.717, 1.165) is 5.56 Å². The molecule has 1 aromatic carbocycles. The van der Waals surface area contributed by atoms with Gasteiger partial charge in [0.25, 0.3) is 0 Å². The quantitative estimate of drug-likeness (QED) is 0.900. The van der Waals surface area contributed by atoms with Crippen LogP contribution in [0.15, 0.2) is 47.2 Å². The Balaban J connectivity index is 2.06. The molecule has 0 aliphatic carbocycles. The van der Waals surface area contributed by atoms with Crippen molar-refractivity contribution in [2.24, 2.45) is 0 Å². The second-order valence-electron chi connectivity index (χ2n) is 4.09. The fourth-order valence-corrected chi connectivity index (χ4v) is 2.11. The third-order valence-electron chi connectivity index (χ3n) is 2.58. The normalized spacial score (nSPS) is 10.1. The number of nitrogens with one attached hydrogen (secondary N) is 1. The summed E-state index contributed by atoms with van der Waals surface area (Å²) >= 11 is 3.24. The maximum atomic E-state index is 11.9. The summed E-state index contributed by atoms with van der Waals surface area (Å²) in [5.41, 5.74) is 1.49. The number of halogens is 1. The molecule has 0 spiro atoms. The fourth-order valence-electron chi connectivity index (χ4n) is 1.63. The first-order valence-electron chi connectivity index (χ1n) is 5.78. The average Bonchev–Trinajstić information content (AvgIpc) is 2.42. The largest absolute Gasteiger partial charge is 0.478 e. The number of rotatable bonds is 4. The van der Waals surface area contributed by atoms with E-state index in [9.17, 15) is 9.59 Å². The van der Waals surface area contributed by atoms with Crippen molar-refractivity contribution in [2.45, 2.75) is 6.42 Å². The number of carbonyl (C=O) groups excluding carboxylic acids is 1. The van der Waals surface area contributed by atoms with E-state index < -0.39 is 5.97 Å². The highest BCUT2D eigenvalue weighted by molar-refractivity contribution is 9.10. The predicted molar refractivity (Wildman–Crippen MR) is 77.7 cm³/mol. The SMILES string of the molecule is O=C(Cc1cccnc1)Nc1ccc(C(=O)O)cc1Br. The highest BCUT2D eigenvalue weighted by Crippen LogP contribution is 2.23. The first-order valence-corrected chi connectivity index (χ1v) is 6.57. The van der Waals surface area contributed by atoms with Gasteiger partial charge in [-0.2, -0.15) is 0 Å². The van der Waals surface area contributed by atoms with Crippen molar-refractivity contribution in [1.82, 2.24) is 4.98 Å². The van der Waals surface area contributed by atoms with Gasteiger partial charge in [0, 0.05) is 16.9 Å². The third kappa shape index (κ3) is 3.64. The van der Waals surface area contributed by atoms with Crippen molar-refractivity contribution in [1.29, 1.82) is 0 Å². The molecule has 5 nitrogen and oxygen atoms in total. The number of anilines is 1. The summed E-state index contributed by atoms with van der Waals surface area (Å²) in [6, 6.07) is 8.01. The third-order valence-corrected chi connectivity index (χ3v) is 3.23. The van der Waals surface area contributed by atoms with Crippen molar-refractivity contribution in [3.05, 3.63) is 58.3 Å². The molecule has 0 atom stereocenters. The van der Waals surface area contributed by atoms with Crippen LogP contribution < -0.4 is 5.32 Å². The minimum atomic E-state index is -1.01. The highest BCUT2D eigenvalue weighted by Gasteiger charge is 2.09. The van der Waals surface area contributed by atoms with Crippen LogP contribution in [0.5, 0.6) is 0 Å². The molecule has 0 saturated carbocycles. The summed E-state index contributed by atoms with van der Waals surface area (Å²) in [6.07, 6.45) is 3.48. The zero-order chi connectivity index (χ0) is 14.5. The van der Waals surface area contributed by atoms with Crippen LogP contribution >= 0.6 is 15.9 Å². The minimum Gasteiger partial charge on any atom is -0.478 e. The van der Waals surface area contributed by atoms with E-state index in [0.29, 0.717) is 10.2 Å². The molecule has 0 bridgehead atoms. The van der Waals surface area contributed by atoms with Crippen LogP contribution in [0.25, 0.3) is 0 Å². The summed E-state index contributed by atoms with van der Waals surface area (Å²) in [5, 5.41) is 11.6. The molecule has 0 aliphatic heterocycles. The number of aromatic nitrogens is 1. The number of hydrogen-bond acceptors (Lipinski definition) is 3. The molecule has 0 fully saturated rings. The van der Waals surface area contributed by atoms with Gasteiger partial charge in [-0.3, -0.25) is 9.78 Å². The Kier molecular flexibility index (Phi) is 4.47. The van der Waals surface area contributed by atoms with Gasteiger partial charge in [0.05, 0.1) is 17.7 Å². The minimum absolute atomic E-state index is 0.155. The number of benzene rings is 1. The Morgan fingerprint density at radius 3 is 2.70 bits per heavy atom. The number of aromatic carboxylic acids is 1. The van der Waals surface area contributed by atoms with Crippen LogP contribution in [0.1, 0.15) is 15.9 Å². The van der Waals surface area contributed by atoms with Crippen molar-refractivity contribution in [3.8, 4) is 0 Å². The first kappa shape index (κ1) is 14.2. The Hall–Kier alpha value is -2.21. The molecule has 2 rings (SSSR count). The monoisotopic (exact) mass is 334 g/mol. The first-order chi connectivity index (χ1) is 9.56. The standard InChI is InChI=1S/C14H11BrN2O3/c15-11-7-10(14(19)20)3-4-12(11)17-13(18)6-9-2-1-5-16-8-9/h1-5,7-8H,6H2,(H,17,18)(H,19,20). The van der Waals surface area contributed by atoms with Crippen LogP contribution in [0.2, 0.25) is 0 Å². The van der Waals surface area contributed by atoms with Crippen molar-refractivity contribution < 1.29 is 14.7 Å². The van der Waals surface area contributed by atoms with Crippen molar-refractivity contribution in [2.75, 3.05) is 5.32 Å². The van der Waals surface area contributed by atoms with Gasteiger partial charge in [-0.15, -0.1) is 0 Å². The molecule has 102 valence electrons. The number of carbonyl (C=O) groups is 2. The molecule has 0 radical (unpaired) electrons.